The SMILES string of the molecule is CCC(C)(NC(=O)COc1ccc(F)cc1F)C(=O)OC. The summed E-state index contributed by atoms with van der Waals surface area (Å²) in [6.07, 6.45) is 0.316. The van der Waals surface area contributed by atoms with E-state index in [0.29, 0.717) is 12.5 Å². The first-order valence-electron chi connectivity index (χ1n) is 6.29. The lowest BCUT2D eigenvalue weighted by atomic mass is 9.99. The van der Waals surface area contributed by atoms with E-state index in [9.17, 15) is 18.4 Å². The number of hydrogen-bond donors (Lipinski definition) is 1. The number of carbonyl (C=O) groups excluding carboxylic acids is 2. The van der Waals surface area contributed by atoms with Crippen LogP contribution in [0.15, 0.2) is 18.2 Å². The average molecular weight is 301 g/mol. The Hall–Kier alpha value is -2.18. The highest BCUT2D eigenvalue weighted by molar-refractivity contribution is 5.88. The first-order chi connectivity index (χ1) is 9.82. The van der Waals surface area contributed by atoms with Gasteiger partial charge in [0.15, 0.2) is 18.2 Å². The summed E-state index contributed by atoms with van der Waals surface area (Å²) in [7, 11) is 1.22. The number of hydrogen-bond acceptors (Lipinski definition) is 4. The van der Waals surface area contributed by atoms with E-state index in [1.807, 2.05) is 0 Å². The zero-order valence-electron chi connectivity index (χ0n) is 12.0. The van der Waals surface area contributed by atoms with E-state index < -0.39 is 35.7 Å². The minimum Gasteiger partial charge on any atom is -0.481 e. The fraction of sp³-hybridized carbons (Fsp3) is 0.429. The summed E-state index contributed by atoms with van der Waals surface area (Å²) in [4.78, 5) is 23.3. The lowest BCUT2D eigenvalue weighted by Crippen LogP contribution is -2.53. The Morgan fingerprint density at radius 3 is 2.52 bits per heavy atom. The molecule has 116 valence electrons. The quantitative estimate of drug-likeness (QED) is 0.814. The number of rotatable bonds is 6. The molecule has 1 atom stereocenters. The largest absolute Gasteiger partial charge is 0.481 e. The molecule has 0 spiro atoms. The number of benzene rings is 1. The highest BCUT2D eigenvalue weighted by atomic mass is 19.1. The summed E-state index contributed by atoms with van der Waals surface area (Å²) in [6, 6.07) is 2.75. The molecule has 0 bridgehead atoms. The van der Waals surface area contributed by atoms with E-state index in [1.165, 1.54) is 14.0 Å². The lowest BCUT2D eigenvalue weighted by molar-refractivity contribution is -0.150. The van der Waals surface area contributed by atoms with Gasteiger partial charge in [-0.3, -0.25) is 4.79 Å². The van der Waals surface area contributed by atoms with Crippen molar-refractivity contribution in [3.8, 4) is 5.75 Å². The molecule has 0 heterocycles. The molecule has 7 heteroatoms. The number of methoxy groups -OCH3 is 1. The molecule has 1 rings (SSSR count). The van der Waals surface area contributed by atoms with Gasteiger partial charge in [0.05, 0.1) is 7.11 Å². The van der Waals surface area contributed by atoms with Gasteiger partial charge >= 0.3 is 5.97 Å². The normalized spacial score (nSPS) is 13.2. The van der Waals surface area contributed by atoms with Crippen molar-refractivity contribution in [2.75, 3.05) is 13.7 Å². The van der Waals surface area contributed by atoms with Gasteiger partial charge in [-0.05, 0) is 25.5 Å². The maximum absolute atomic E-state index is 13.3. The van der Waals surface area contributed by atoms with E-state index in [0.717, 1.165) is 12.1 Å². The molecule has 1 aromatic carbocycles. The number of carbonyl (C=O) groups is 2. The summed E-state index contributed by atoms with van der Waals surface area (Å²) >= 11 is 0. The molecule has 0 saturated carbocycles. The van der Waals surface area contributed by atoms with Crippen molar-refractivity contribution >= 4 is 11.9 Å². The third-order valence-electron chi connectivity index (χ3n) is 3.01. The first kappa shape index (κ1) is 16.9. The molecule has 5 nitrogen and oxygen atoms in total. The molecule has 0 aliphatic heterocycles. The van der Waals surface area contributed by atoms with Crippen LogP contribution in [0.5, 0.6) is 5.75 Å². The molecular formula is C14H17F2NO4. The van der Waals surface area contributed by atoms with Gasteiger partial charge < -0.3 is 14.8 Å². The predicted molar refractivity (Wildman–Crippen MR) is 70.7 cm³/mol. The van der Waals surface area contributed by atoms with Gasteiger partial charge in [0.1, 0.15) is 11.4 Å². The van der Waals surface area contributed by atoms with Crippen LogP contribution in [0.4, 0.5) is 8.78 Å². The molecule has 1 aromatic rings. The second-order valence-electron chi connectivity index (χ2n) is 4.59. The molecule has 0 radical (unpaired) electrons. The third-order valence-corrected chi connectivity index (χ3v) is 3.01. The van der Waals surface area contributed by atoms with Crippen LogP contribution in [0.3, 0.4) is 0 Å². The molecule has 0 saturated heterocycles. The Bertz CT molecular complexity index is 536. The summed E-state index contributed by atoms with van der Waals surface area (Å²) in [5.41, 5.74) is -1.18. The van der Waals surface area contributed by atoms with Crippen molar-refractivity contribution in [2.24, 2.45) is 0 Å². The standard InChI is InChI=1S/C14H17F2NO4/c1-4-14(2,13(19)20-3)17-12(18)8-21-11-6-5-9(15)7-10(11)16/h5-7H,4,8H2,1-3H3,(H,17,18). The smallest absolute Gasteiger partial charge is 0.331 e. The van der Waals surface area contributed by atoms with E-state index in [4.69, 9.17) is 4.74 Å². The van der Waals surface area contributed by atoms with Crippen molar-refractivity contribution in [3.05, 3.63) is 29.8 Å². The fourth-order valence-electron chi connectivity index (χ4n) is 1.59. The van der Waals surface area contributed by atoms with E-state index in [1.54, 1.807) is 6.92 Å². The Balaban J connectivity index is 2.63. The maximum Gasteiger partial charge on any atom is 0.331 e. The highest BCUT2D eigenvalue weighted by Crippen LogP contribution is 2.17. The number of nitrogens with one attached hydrogen (secondary N) is 1. The highest BCUT2D eigenvalue weighted by Gasteiger charge is 2.34. The van der Waals surface area contributed by atoms with Crippen molar-refractivity contribution in [1.29, 1.82) is 0 Å². The second-order valence-corrected chi connectivity index (χ2v) is 4.59. The minimum atomic E-state index is -1.18. The van der Waals surface area contributed by atoms with Crippen molar-refractivity contribution in [1.82, 2.24) is 5.32 Å². The number of halogens is 2. The van der Waals surface area contributed by atoms with Gasteiger partial charge in [-0.1, -0.05) is 6.92 Å². The van der Waals surface area contributed by atoms with E-state index in [-0.39, 0.29) is 5.75 Å². The third kappa shape index (κ3) is 4.40. The van der Waals surface area contributed by atoms with Gasteiger partial charge in [0.2, 0.25) is 0 Å². The number of ether oxygens (including phenoxy) is 2. The number of amides is 1. The average Bonchev–Trinajstić information content (AvgIpc) is 2.45. The van der Waals surface area contributed by atoms with Crippen LogP contribution in [0, 0.1) is 11.6 Å². The Morgan fingerprint density at radius 2 is 2.00 bits per heavy atom. The zero-order valence-corrected chi connectivity index (χ0v) is 12.0. The second kappa shape index (κ2) is 7.01. The van der Waals surface area contributed by atoms with Gasteiger partial charge in [-0.15, -0.1) is 0 Å². The molecule has 0 aliphatic rings. The summed E-state index contributed by atoms with van der Waals surface area (Å²) in [5.74, 6) is -3.11. The fourth-order valence-corrected chi connectivity index (χ4v) is 1.59. The van der Waals surface area contributed by atoms with Crippen LogP contribution in [-0.4, -0.2) is 31.1 Å². The molecule has 1 N–H and O–H groups in total. The first-order valence-corrected chi connectivity index (χ1v) is 6.29. The minimum absolute atomic E-state index is 0.247. The molecule has 1 unspecified atom stereocenters. The molecule has 1 amide bonds. The van der Waals surface area contributed by atoms with E-state index in [2.05, 4.69) is 10.1 Å². The molecule has 0 aromatic heterocycles. The lowest BCUT2D eigenvalue weighted by Gasteiger charge is -2.26. The van der Waals surface area contributed by atoms with Crippen LogP contribution >= 0.6 is 0 Å². The zero-order chi connectivity index (χ0) is 16.0. The van der Waals surface area contributed by atoms with Crippen molar-refractivity contribution < 1.29 is 27.8 Å². The Morgan fingerprint density at radius 1 is 1.33 bits per heavy atom. The number of esters is 1. The summed E-state index contributed by atoms with van der Waals surface area (Å²) in [6.45, 7) is 2.71. The van der Waals surface area contributed by atoms with Crippen molar-refractivity contribution in [2.45, 2.75) is 25.8 Å². The van der Waals surface area contributed by atoms with Gasteiger partial charge in [0.25, 0.3) is 5.91 Å². The van der Waals surface area contributed by atoms with Crippen LogP contribution in [0.2, 0.25) is 0 Å². The van der Waals surface area contributed by atoms with Crippen molar-refractivity contribution in [3.63, 3.8) is 0 Å². The topological polar surface area (TPSA) is 64.6 Å². The Labute approximate surface area is 121 Å². The molecule has 0 fully saturated rings. The van der Waals surface area contributed by atoms with Crippen LogP contribution in [0.1, 0.15) is 20.3 Å². The van der Waals surface area contributed by atoms with Crippen LogP contribution in [0.25, 0.3) is 0 Å². The monoisotopic (exact) mass is 301 g/mol. The Kier molecular flexibility index (Phi) is 5.63. The van der Waals surface area contributed by atoms with Gasteiger partial charge in [-0.2, -0.15) is 0 Å². The molecule has 0 aliphatic carbocycles. The predicted octanol–water partition coefficient (Wildman–Crippen LogP) is 1.80. The summed E-state index contributed by atoms with van der Waals surface area (Å²) in [5, 5.41) is 2.46. The van der Waals surface area contributed by atoms with Crippen LogP contribution < -0.4 is 10.1 Å². The van der Waals surface area contributed by atoms with Gasteiger partial charge in [0, 0.05) is 6.07 Å². The van der Waals surface area contributed by atoms with Crippen LogP contribution in [-0.2, 0) is 14.3 Å². The summed E-state index contributed by atoms with van der Waals surface area (Å²) < 4.78 is 35.6. The van der Waals surface area contributed by atoms with Gasteiger partial charge in [-0.25, -0.2) is 13.6 Å². The molecule has 21 heavy (non-hydrogen) atoms. The molecular weight excluding hydrogens is 284 g/mol. The maximum atomic E-state index is 13.3. The van der Waals surface area contributed by atoms with E-state index >= 15 is 0 Å².